The van der Waals surface area contributed by atoms with Crippen molar-refractivity contribution in [3.05, 3.63) is 59.4 Å². The van der Waals surface area contributed by atoms with Gasteiger partial charge in [-0.1, -0.05) is 18.2 Å². The smallest absolute Gasteiger partial charge is 0.225 e. The number of benzene rings is 2. The molecule has 1 fully saturated rings. The highest BCUT2D eigenvalue weighted by Gasteiger charge is 2.46. The fraction of sp³-hybridized carbons (Fsp3) is 0.316. The van der Waals surface area contributed by atoms with Gasteiger partial charge in [-0.2, -0.15) is 0 Å². The maximum atomic E-state index is 13.2. The summed E-state index contributed by atoms with van der Waals surface area (Å²) < 4.78 is 24.4. The summed E-state index contributed by atoms with van der Waals surface area (Å²) in [5.74, 6) is 1.04. The SMILES string of the molecule is O=C(Cc1cccc(F)c1)NC1(c2ccc3c(c2)OCCO3)CC1. The predicted octanol–water partition coefficient (Wildman–Crippen LogP) is 2.94. The van der Waals surface area contributed by atoms with Crippen molar-refractivity contribution in [1.29, 1.82) is 0 Å². The van der Waals surface area contributed by atoms with Crippen LogP contribution in [0.15, 0.2) is 42.5 Å². The normalized spacial score (nSPS) is 17.2. The van der Waals surface area contributed by atoms with Crippen molar-refractivity contribution in [2.45, 2.75) is 24.8 Å². The van der Waals surface area contributed by atoms with E-state index < -0.39 is 0 Å². The zero-order valence-electron chi connectivity index (χ0n) is 13.2. The van der Waals surface area contributed by atoms with Gasteiger partial charge in [0.15, 0.2) is 11.5 Å². The lowest BCUT2D eigenvalue weighted by Crippen LogP contribution is -2.36. The van der Waals surface area contributed by atoms with Crippen LogP contribution in [0, 0.1) is 5.82 Å². The molecule has 0 atom stereocenters. The Balaban J connectivity index is 1.48. The number of nitrogens with one attached hydrogen (secondary N) is 1. The fourth-order valence-electron chi connectivity index (χ4n) is 3.10. The van der Waals surface area contributed by atoms with Crippen molar-refractivity contribution in [2.24, 2.45) is 0 Å². The summed E-state index contributed by atoms with van der Waals surface area (Å²) in [6.07, 6.45) is 1.95. The van der Waals surface area contributed by atoms with E-state index in [2.05, 4.69) is 5.32 Å². The van der Waals surface area contributed by atoms with Crippen LogP contribution < -0.4 is 14.8 Å². The number of ether oxygens (including phenoxy) is 2. The zero-order valence-corrected chi connectivity index (χ0v) is 13.2. The third-order valence-corrected chi connectivity index (χ3v) is 4.48. The van der Waals surface area contributed by atoms with Crippen molar-refractivity contribution < 1.29 is 18.7 Å². The number of halogens is 1. The summed E-state index contributed by atoms with van der Waals surface area (Å²) in [7, 11) is 0. The molecule has 1 N–H and O–H groups in total. The molecule has 1 amide bonds. The first kappa shape index (κ1) is 15.0. The van der Waals surface area contributed by atoms with Gasteiger partial charge in [-0.05, 0) is 48.2 Å². The summed E-state index contributed by atoms with van der Waals surface area (Å²) in [6, 6.07) is 12.0. The van der Waals surface area contributed by atoms with E-state index in [0.29, 0.717) is 18.8 Å². The molecular weight excluding hydrogens is 309 g/mol. The van der Waals surface area contributed by atoms with Crippen LogP contribution in [0.25, 0.3) is 0 Å². The molecule has 4 nitrogen and oxygen atoms in total. The van der Waals surface area contributed by atoms with Crippen LogP contribution in [-0.4, -0.2) is 19.1 Å². The topological polar surface area (TPSA) is 47.6 Å². The molecule has 0 unspecified atom stereocenters. The Kier molecular flexibility index (Phi) is 3.63. The second-order valence-electron chi connectivity index (χ2n) is 6.30. The van der Waals surface area contributed by atoms with Crippen molar-refractivity contribution in [3.8, 4) is 11.5 Å². The zero-order chi connectivity index (χ0) is 16.6. The molecule has 1 aliphatic carbocycles. The molecule has 0 aromatic heterocycles. The monoisotopic (exact) mass is 327 g/mol. The molecule has 1 saturated carbocycles. The lowest BCUT2D eigenvalue weighted by Gasteiger charge is -2.22. The van der Waals surface area contributed by atoms with E-state index in [4.69, 9.17) is 9.47 Å². The average Bonchev–Trinajstić information content (AvgIpc) is 3.35. The first-order chi connectivity index (χ1) is 11.6. The van der Waals surface area contributed by atoms with Gasteiger partial charge in [-0.25, -0.2) is 4.39 Å². The Morgan fingerprint density at radius 1 is 1.08 bits per heavy atom. The molecule has 2 aliphatic rings. The van der Waals surface area contributed by atoms with Gasteiger partial charge in [0.1, 0.15) is 19.0 Å². The Labute approximate surface area is 139 Å². The van der Waals surface area contributed by atoms with Crippen LogP contribution in [0.2, 0.25) is 0 Å². The molecule has 1 heterocycles. The summed E-state index contributed by atoms with van der Waals surface area (Å²) >= 11 is 0. The molecule has 2 aromatic rings. The highest BCUT2D eigenvalue weighted by atomic mass is 19.1. The van der Waals surface area contributed by atoms with E-state index in [1.807, 2.05) is 18.2 Å². The van der Waals surface area contributed by atoms with Crippen LogP contribution in [0.5, 0.6) is 11.5 Å². The van der Waals surface area contributed by atoms with Gasteiger partial charge in [-0.3, -0.25) is 4.79 Å². The van der Waals surface area contributed by atoms with Gasteiger partial charge in [0.2, 0.25) is 5.91 Å². The number of fused-ring (bicyclic) bond motifs is 1. The van der Waals surface area contributed by atoms with E-state index >= 15 is 0 Å². The van der Waals surface area contributed by atoms with Crippen LogP contribution in [-0.2, 0) is 16.8 Å². The molecule has 124 valence electrons. The van der Waals surface area contributed by atoms with Gasteiger partial charge in [0.25, 0.3) is 0 Å². The van der Waals surface area contributed by atoms with Crippen LogP contribution in [0.4, 0.5) is 4.39 Å². The molecule has 0 bridgehead atoms. The number of amides is 1. The Hall–Kier alpha value is -2.56. The average molecular weight is 327 g/mol. The second kappa shape index (κ2) is 5.82. The molecule has 0 spiro atoms. The maximum absolute atomic E-state index is 13.2. The van der Waals surface area contributed by atoms with E-state index in [0.717, 1.165) is 29.9 Å². The molecule has 5 heteroatoms. The Morgan fingerprint density at radius 2 is 1.88 bits per heavy atom. The third kappa shape index (κ3) is 2.94. The van der Waals surface area contributed by atoms with Gasteiger partial charge >= 0.3 is 0 Å². The lowest BCUT2D eigenvalue weighted by atomic mass is 10.0. The van der Waals surface area contributed by atoms with Crippen molar-refractivity contribution >= 4 is 5.91 Å². The number of carbonyl (C=O) groups is 1. The number of rotatable bonds is 4. The highest BCUT2D eigenvalue weighted by Crippen LogP contribution is 2.47. The summed E-state index contributed by atoms with van der Waals surface area (Å²) in [5.41, 5.74) is 1.37. The summed E-state index contributed by atoms with van der Waals surface area (Å²) in [4.78, 5) is 12.4. The van der Waals surface area contributed by atoms with Gasteiger partial charge in [0, 0.05) is 0 Å². The second-order valence-corrected chi connectivity index (χ2v) is 6.30. The molecule has 24 heavy (non-hydrogen) atoms. The number of hydrogen-bond donors (Lipinski definition) is 1. The summed E-state index contributed by atoms with van der Waals surface area (Å²) in [6.45, 7) is 1.09. The quantitative estimate of drug-likeness (QED) is 0.939. The summed E-state index contributed by atoms with van der Waals surface area (Å²) in [5, 5.41) is 3.10. The van der Waals surface area contributed by atoms with Crippen LogP contribution >= 0.6 is 0 Å². The van der Waals surface area contributed by atoms with Crippen molar-refractivity contribution in [1.82, 2.24) is 5.32 Å². The molecule has 0 saturated heterocycles. The van der Waals surface area contributed by atoms with Gasteiger partial charge < -0.3 is 14.8 Å². The van der Waals surface area contributed by atoms with E-state index in [1.165, 1.54) is 12.1 Å². The number of carbonyl (C=O) groups excluding carboxylic acids is 1. The first-order valence-electron chi connectivity index (χ1n) is 8.10. The van der Waals surface area contributed by atoms with Gasteiger partial charge in [0.05, 0.1) is 12.0 Å². The molecule has 0 radical (unpaired) electrons. The highest BCUT2D eigenvalue weighted by molar-refractivity contribution is 5.80. The largest absolute Gasteiger partial charge is 0.486 e. The van der Waals surface area contributed by atoms with E-state index in [9.17, 15) is 9.18 Å². The minimum atomic E-state index is -0.333. The van der Waals surface area contributed by atoms with Crippen molar-refractivity contribution in [3.63, 3.8) is 0 Å². The molecule has 2 aromatic carbocycles. The van der Waals surface area contributed by atoms with Crippen molar-refractivity contribution in [2.75, 3.05) is 13.2 Å². The van der Waals surface area contributed by atoms with Crippen LogP contribution in [0.1, 0.15) is 24.0 Å². The van der Waals surface area contributed by atoms with E-state index in [1.54, 1.807) is 12.1 Å². The van der Waals surface area contributed by atoms with Gasteiger partial charge in [-0.15, -0.1) is 0 Å². The Morgan fingerprint density at radius 3 is 2.62 bits per heavy atom. The molecule has 1 aliphatic heterocycles. The molecule has 4 rings (SSSR count). The number of hydrogen-bond acceptors (Lipinski definition) is 3. The fourth-order valence-corrected chi connectivity index (χ4v) is 3.10. The predicted molar refractivity (Wildman–Crippen MR) is 86.6 cm³/mol. The molecular formula is C19H18FNO3. The lowest BCUT2D eigenvalue weighted by molar-refractivity contribution is -0.121. The maximum Gasteiger partial charge on any atom is 0.225 e. The first-order valence-corrected chi connectivity index (χ1v) is 8.10. The third-order valence-electron chi connectivity index (χ3n) is 4.48. The van der Waals surface area contributed by atoms with E-state index in [-0.39, 0.29) is 23.7 Å². The van der Waals surface area contributed by atoms with Crippen LogP contribution in [0.3, 0.4) is 0 Å². The Bertz CT molecular complexity index is 786. The minimum Gasteiger partial charge on any atom is -0.486 e. The standard InChI is InChI=1S/C19H18FNO3/c20-15-3-1-2-13(10-15)11-18(22)21-19(6-7-19)14-4-5-16-17(12-14)24-9-8-23-16/h1-5,10,12H,6-9,11H2,(H,21,22). The minimum absolute atomic E-state index is 0.104.